The van der Waals surface area contributed by atoms with Crippen molar-refractivity contribution in [1.82, 2.24) is 0 Å². The minimum Gasteiger partial charge on any atom is -0.487 e. The zero-order valence-corrected chi connectivity index (χ0v) is 11.8. The predicted molar refractivity (Wildman–Crippen MR) is 76.9 cm³/mol. The van der Waals surface area contributed by atoms with Gasteiger partial charge in [0.05, 0.1) is 11.5 Å². The standard InChI is InChI=1S/C14H22N2O3/c1-4-9-19-14-10-12(15-11(5-2)6-3)7-8-13(14)16(17)18/h7-8,10-11,15H,4-6,9H2,1-3H3. The minimum absolute atomic E-state index is 0.0172. The SMILES string of the molecule is CCCOc1cc(NC(CC)CC)ccc1[N+](=O)[O-]. The lowest BCUT2D eigenvalue weighted by Gasteiger charge is -2.17. The van der Waals surface area contributed by atoms with E-state index in [9.17, 15) is 10.1 Å². The van der Waals surface area contributed by atoms with Gasteiger partial charge in [-0.05, 0) is 25.3 Å². The van der Waals surface area contributed by atoms with Gasteiger partial charge in [0, 0.05) is 23.9 Å². The zero-order valence-electron chi connectivity index (χ0n) is 11.8. The van der Waals surface area contributed by atoms with E-state index in [1.165, 1.54) is 6.07 Å². The molecule has 1 aromatic carbocycles. The second-order valence-corrected chi connectivity index (χ2v) is 4.45. The highest BCUT2D eigenvalue weighted by Crippen LogP contribution is 2.30. The fourth-order valence-corrected chi connectivity index (χ4v) is 1.81. The smallest absolute Gasteiger partial charge is 0.311 e. The molecule has 0 bridgehead atoms. The molecule has 0 fully saturated rings. The van der Waals surface area contributed by atoms with Gasteiger partial charge in [0.2, 0.25) is 0 Å². The molecule has 1 rings (SSSR count). The van der Waals surface area contributed by atoms with Gasteiger partial charge in [0.25, 0.3) is 0 Å². The summed E-state index contributed by atoms with van der Waals surface area (Å²) < 4.78 is 5.46. The van der Waals surface area contributed by atoms with Crippen molar-refractivity contribution in [2.75, 3.05) is 11.9 Å². The highest BCUT2D eigenvalue weighted by atomic mass is 16.6. The lowest BCUT2D eigenvalue weighted by Crippen LogP contribution is -2.17. The first-order valence-corrected chi connectivity index (χ1v) is 6.80. The Morgan fingerprint density at radius 1 is 1.32 bits per heavy atom. The molecule has 0 unspecified atom stereocenters. The van der Waals surface area contributed by atoms with E-state index in [0.717, 1.165) is 24.9 Å². The first-order chi connectivity index (χ1) is 9.12. The molecular formula is C14H22N2O3. The van der Waals surface area contributed by atoms with Crippen LogP contribution in [0, 0.1) is 10.1 Å². The van der Waals surface area contributed by atoms with Crippen LogP contribution < -0.4 is 10.1 Å². The van der Waals surface area contributed by atoms with Crippen LogP contribution in [0.5, 0.6) is 5.75 Å². The van der Waals surface area contributed by atoms with Gasteiger partial charge in [0.15, 0.2) is 5.75 Å². The quantitative estimate of drug-likeness (QED) is 0.571. The van der Waals surface area contributed by atoms with E-state index in [-0.39, 0.29) is 5.69 Å². The predicted octanol–water partition coefficient (Wildman–Crippen LogP) is 3.98. The molecule has 0 aromatic heterocycles. The number of rotatable bonds is 8. The van der Waals surface area contributed by atoms with Crippen molar-refractivity contribution in [3.05, 3.63) is 28.3 Å². The molecule has 0 saturated carbocycles. The van der Waals surface area contributed by atoms with E-state index in [1.807, 2.05) is 6.92 Å². The maximum Gasteiger partial charge on any atom is 0.311 e. The molecule has 1 aromatic rings. The zero-order chi connectivity index (χ0) is 14.3. The van der Waals surface area contributed by atoms with Gasteiger partial charge < -0.3 is 10.1 Å². The van der Waals surface area contributed by atoms with Crippen molar-refractivity contribution in [1.29, 1.82) is 0 Å². The highest BCUT2D eigenvalue weighted by Gasteiger charge is 2.16. The van der Waals surface area contributed by atoms with E-state index < -0.39 is 4.92 Å². The summed E-state index contributed by atoms with van der Waals surface area (Å²) >= 11 is 0. The molecule has 0 atom stereocenters. The van der Waals surface area contributed by atoms with Crippen molar-refractivity contribution < 1.29 is 9.66 Å². The first kappa shape index (κ1) is 15.3. The van der Waals surface area contributed by atoms with Gasteiger partial charge in [-0.2, -0.15) is 0 Å². The van der Waals surface area contributed by atoms with Crippen LogP contribution in [0.25, 0.3) is 0 Å². The number of nitrogens with one attached hydrogen (secondary N) is 1. The van der Waals surface area contributed by atoms with Crippen LogP contribution in [0.15, 0.2) is 18.2 Å². The highest BCUT2D eigenvalue weighted by molar-refractivity contribution is 5.58. The second kappa shape index (κ2) is 7.61. The Balaban J connectivity index is 2.93. The molecule has 106 valence electrons. The van der Waals surface area contributed by atoms with Crippen LogP contribution in [0.2, 0.25) is 0 Å². The Bertz CT molecular complexity index is 417. The normalized spacial score (nSPS) is 10.5. The summed E-state index contributed by atoms with van der Waals surface area (Å²) in [5, 5.41) is 14.3. The van der Waals surface area contributed by atoms with Gasteiger partial charge >= 0.3 is 5.69 Å². The number of hydrogen-bond acceptors (Lipinski definition) is 4. The molecule has 1 N–H and O–H groups in total. The number of nitrogens with zero attached hydrogens (tertiary/aromatic N) is 1. The molecule has 0 aliphatic rings. The van der Waals surface area contributed by atoms with E-state index in [1.54, 1.807) is 12.1 Å². The molecule has 0 saturated heterocycles. The van der Waals surface area contributed by atoms with Crippen molar-refractivity contribution in [2.45, 2.75) is 46.1 Å². The monoisotopic (exact) mass is 266 g/mol. The van der Waals surface area contributed by atoms with Crippen LogP contribution >= 0.6 is 0 Å². The number of hydrogen-bond donors (Lipinski definition) is 1. The number of benzene rings is 1. The molecule has 0 heterocycles. The van der Waals surface area contributed by atoms with E-state index >= 15 is 0 Å². The lowest BCUT2D eigenvalue weighted by molar-refractivity contribution is -0.385. The van der Waals surface area contributed by atoms with Crippen molar-refractivity contribution >= 4 is 11.4 Å². The average Bonchev–Trinajstić information content (AvgIpc) is 2.42. The van der Waals surface area contributed by atoms with Crippen molar-refractivity contribution in [2.24, 2.45) is 0 Å². The maximum absolute atomic E-state index is 10.9. The third kappa shape index (κ3) is 4.43. The molecule has 19 heavy (non-hydrogen) atoms. The number of ether oxygens (including phenoxy) is 1. The minimum atomic E-state index is -0.411. The lowest BCUT2D eigenvalue weighted by atomic mass is 10.1. The molecular weight excluding hydrogens is 244 g/mol. The van der Waals surface area contributed by atoms with Crippen molar-refractivity contribution in [3.8, 4) is 5.75 Å². The summed E-state index contributed by atoms with van der Waals surface area (Å²) in [6.07, 6.45) is 2.85. The van der Waals surface area contributed by atoms with Gasteiger partial charge in [0.1, 0.15) is 0 Å². The van der Waals surface area contributed by atoms with Gasteiger partial charge in [-0.3, -0.25) is 10.1 Å². The maximum atomic E-state index is 10.9. The van der Waals surface area contributed by atoms with Gasteiger partial charge in [-0.15, -0.1) is 0 Å². The second-order valence-electron chi connectivity index (χ2n) is 4.45. The third-order valence-electron chi connectivity index (χ3n) is 2.97. The molecule has 0 aliphatic heterocycles. The van der Waals surface area contributed by atoms with Crippen molar-refractivity contribution in [3.63, 3.8) is 0 Å². The summed E-state index contributed by atoms with van der Waals surface area (Å²) in [7, 11) is 0. The van der Waals surface area contributed by atoms with Crippen LogP contribution in [-0.4, -0.2) is 17.6 Å². The van der Waals surface area contributed by atoms with Crippen LogP contribution in [0.4, 0.5) is 11.4 Å². The fourth-order valence-electron chi connectivity index (χ4n) is 1.81. The largest absolute Gasteiger partial charge is 0.487 e. The van der Waals surface area contributed by atoms with Crippen LogP contribution in [-0.2, 0) is 0 Å². The number of nitro groups is 1. The molecule has 0 spiro atoms. The Kier molecular flexibility index (Phi) is 6.12. The van der Waals surface area contributed by atoms with Crippen LogP contribution in [0.1, 0.15) is 40.0 Å². The van der Waals surface area contributed by atoms with E-state index in [4.69, 9.17) is 4.74 Å². The van der Waals surface area contributed by atoms with Gasteiger partial charge in [-0.1, -0.05) is 20.8 Å². The molecule has 0 amide bonds. The molecule has 0 aliphatic carbocycles. The number of anilines is 1. The molecule has 0 radical (unpaired) electrons. The summed E-state index contributed by atoms with van der Waals surface area (Å²) in [6.45, 7) is 6.68. The number of nitro benzene ring substituents is 1. The molecule has 5 heteroatoms. The van der Waals surface area contributed by atoms with E-state index in [0.29, 0.717) is 18.4 Å². The summed E-state index contributed by atoms with van der Waals surface area (Å²) in [6, 6.07) is 5.32. The summed E-state index contributed by atoms with van der Waals surface area (Å²) in [5.74, 6) is 0.336. The Labute approximate surface area is 114 Å². The summed E-state index contributed by atoms with van der Waals surface area (Å²) in [4.78, 5) is 10.5. The molecule has 5 nitrogen and oxygen atoms in total. The Hall–Kier alpha value is -1.78. The topological polar surface area (TPSA) is 64.4 Å². The summed E-state index contributed by atoms with van der Waals surface area (Å²) in [5.41, 5.74) is 0.883. The average molecular weight is 266 g/mol. The fraction of sp³-hybridized carbons (Fsp3) is 0.571. The first-order valence-electron chi connectivity index (χ1n) is 6.80. The van der Waals surface area contributed by atoms with Gasteiger partial charge in [-0.25, -0.2) is 0 Å². The van der Waals surface area contributed by atoms with Crippen LogP contribution in [0.3, 0.4) is 0 Å². The van der Waals surface area contributed by atoms with E-state index in [2.05, 4.69) is 19.2 Å². The Morgan fingerprint density at radius 3 is 2.53 bits per heavy atom. The third-order valence-corrected chi connectivity index (χ3v) is 2.97. The Morgan fingerprint density at radius 2 is 2.00 bits per heavy atom.